The van der Waals surface area contributed by atoms with Crippen molar-refractivity contribution in [1.29, 1.82) is 0 Å². The highest BCUT2D eigenvalue weighted by Crippen LogP contribution is 2.23. The maximum atomic E-state index is 12.7. The molecule has 1 amide bonds. The smallest absolute Gasteiger partial charge is 0.257 e. The molecule has 26 heavy (non-hydrogen) atoms. The third kappa shape index (κ3) is 4.63. The monoisotopic (exact) mass is 346 g/mol. The second-order valence-corrected chi connectivity index (χ2v) is 6.18. The van der Waals surface area contributed by atoms with Crippen molar-refractivity contribution in [2.75, 3.05) is 10.6 Å². The van der Waals surface area contributed by atoms with Gasteiger partial charge in [0.1, 0.15) is 5.75 Å². The summed E-state index contributed by atoms with van der Waals surface area (Å²) in [6, 6.07) is 24.6. The molecule has 4 heteroatoms. The van der Waals surface area contributed by atoms with Crippen molar-refractivity contribution < 1.29 is 9.53 Å². The zero-order chi connectivity index (χ0) is 18.4. The number of anilines is 3. The number of carbonyl (C=O) groups excluding carboxylic acids is 1. The SMILES string of the molecule is CC(C)Oc1ccc(NC(=O)c2ccccc2Nc2ccccc2)cc1. The number of hydrogen-bond donors (Lipinski definition) is 2. The number of rotatable bonds is 6. The van der Waals surface area contributed by atoms with Gasteiger partial charge in [0, 0.05) is 11.4 Å². The molecule has 0 atom stereocenters. The maximum Gasteiger partial charge on any atom is 0.257 e. The first kappa shape index (κ1) is 17.5. The van der Waals surface area contributed by atoms with E-state index >= 15 is 0 Å². The number of ether oxygens (including phenoxy) is 1. The van der Waals surface area contributed by atoms with Gasteiger partial charge in [-0.1, -0.05) is 30.3 Å². The predicted octanol–water partition coefficient (Wildman–Crippen LogP) is 5.47. The Kier molecular flexibility index (Phi) is 5.54. The van der Waals surface area contributed by atoms with Crippen molar-refractivity contribution in [3.63, 3.8) is 0 Å². The van der Waals surface area contributed by atoms with Crippen molar-refractivity contribution in [3.05, 3.63) is 84.4 Å². The van der Waals surface area contributed by atoms with Crippen LogP contribution in [-0.2, 0) is 0 Å². The van der Waals surface area contributed by atoms with Crippen LogP contribution in [0.2, 0.25) is 0 Å². The molecule has 0 fully saturated rings. The van der Waals surface area contributed by atoms with E-state index in [0.29, 0.717) is 5.56 Å². The van der Waals surface area contributed by atoms with Crippen LogP contribution >= 0.6 is 0 Å². The van der Waals surface area contributed by atoms with Gasteiger partial charge in [-0.05, 0) is 62.4 Å². The molecule has 0 saturated heterocycles. The second-order valence-electron chi connectivity index (χ2n) is 6.18. The molecule has 0 aromatic heterocycles. The third-order valence-electron chi connectivity index (χ3n) is 3.71. The van der Waals surface area contributed by atoms with Gasteiger partial charge < -0.3 is 15.4 Å². The van der Waals surface area contributed by atoms with Gasteiger partial charge in [-0.2, -0.15) is 0 Å². The lowest BCUT2D eigenvalue weighted by Gasteiger charge is -2.13. The van der Waals surface area contributed by atoms with E-state index in [-0.39, 0.29) is 12.0 Å². The molecule has 0 aliphatic rings. The predicted molar refractivity (Wildman–Crippen MR) is 106 cm³/mol. The summed E-state index contributed by atoms with van der Waals surface area (Å²) in [6.07, 6.45) is 0.117. The Morgan fingerprint density at radius 3 is 2.15 bits per heavy atom. The molecular formula is C22H22N2O2. The molecule has 0 aliphatic carbocycles. The molecule has 0 unspecified atom stereocenters. The van der Waals surface area contributed by atoms with Gasteiger partial charge in [0.05, 0.1) is 17.4 Å². The minimum Gasteiger partial charge on any atom is -0.491 e. The van der Waals surface area contributed by atoms with Gasteiger partial charge >= 0.3 is 0 Å². The number of amides is 1. The van der Waals surface area contributed by atoms with Crippen LogP contribution in [0, 0.1) is 0 Å². The van der Waals surface area contributed by atoms with Crippen LogP contribution in [0.4, 0.5) is 17.1 Å². The van der Waals surface area contributed by atoms with E-state index in [4.69, 9.17) is 4.74 Å². The fourth-order valence-corrected chi connectivity index (χ4v) is 2.55. The van der Waals surface area contributed by atoms with Crippen LogP contribution in [-0.4, -0.2) is 12.0 Å². The Morgan fingerprint density at radius 2 is 1.46 bits per heavy atom. The summed E-state index contributed by atoms with van der Waals surface area (Å²) < 4.78 is 5.62. The van der Waals surface area contributed by atoms with E-state index in [1.165, 1.54) is 0 Å². The lowest BCUT2D eigenvalue weighted by atomic mass is 10.1. The fraction of sp³-hybridized carbons (Fsp3) is 0.136. The summed E-state index contributed by atoms with van der Waals surface area (Å²) in [7, 11) is 0. The molecule has 0 heterocycles. The average molecular weight is 346 g/mol. The minimum absolute atomic E-state index is 0.117. The first-order chi connectivity index (χ1) is 12.6. The molecule has 3 aromatic rings. The van der Waals surface area contributed by atoms with Crippen molar-refractivity contribution in [1.82, 2.24) is 0 Å². The molecule has 4 nitrogen and oxygen atoms in total. The Balaban J connectivity index is 1.74. The lowest BCUT2D eigenvalue weighted by molar-refractivity contribution is 0.102. The van der Waals surface area contributed by atoms with Gasteiger partial charge in [0.2, 0.25) is 0 Å². The average Bonchev–Trinajstić information content (AvgIpc) is 2.64. The summed E-state index contributed by atoms with van der Waals surface area (Å²) in [5, 5.41) is 6.22. The molecule has 132 valence electrons. The molecule has 3 rings (SSSR count). The third-order valence-corrected chi connectivity index (χ3v) is 3.71. The van der Waals surface area contributed by atoms with E-state index in [0.717, 1.165) is 22.8 Å². The Morgan fingerprint density at radius 1 is 0.808 bits per heavy atom. The molecule has 0 aliphatic heterocycles. The Labute approximate surface area is 153 Å². The number of nitrogens with one attached hydrogen (secondary N) is 2. The molecule has 3 aromatic carbocycles. The van der Waals surface area contributed by atoms with Gasteiger partial charge in [-0.25, -0.2) is 0 Å². The topological polar surface area (TPSA) is 50.4 Å². The Bertz CT molecular complexity index is 859. The van der Waals surface area contributed by atoms with Crippen LogP contribution in [0.15, 0.2) is 78.9 Å². The van der Waals surface area contributed by atoms with Gasteiger partial charge in [0.15, 0.2) is 0 Å². The normalized spacial score (nSPS) is 10.4. The van der Waals surface area contributed by atoms with E-state index in [9.17, 15) is 4.79 Å². The molecular weight excluding hydrogens is 324 g/mol. The summed E-state index contributed by atoms with van der Waals surface area (Å²) in [5.74, 6) is 0.616. The van der Waals surface area contributed by atoms with Gasteiger partial charge in [-0.3, -0.25) is 4.79 Å². The standard InChI is InChI=1S/C22H22N2O2/c1-16(2)26-19-14-12-18(13-15-19)24-22(25)20-10-6-7-11-21(20)23-17-8-4-3-5-9-17/h3-16,23H,1-2H3,(H,24,25). The number of benzene rings is 3. The quantitative estimate of drug-likeness (QED) is 0.622. The van der Waals surface area contributed by atoms with Gasteiger partial charge in [0.25, 0.3) is 5.91 Å². The Hall–Kier alpha value is -3.27. The summed E-state index contributed by atoms with van der Waals surface area (Å²) in [4.78, 5) is 12.7. The largest absolute Gasteiger partial charge is 0.491 e. The van der Waals surface area contributed by atoms with Crippen LogP contribution < -0.4 is 15.4 Å². The van der Waals surface area contributed by atoms with Crippen molar-refractivity contribution in [2.45, 2.75) is 20.0 Å². The maximum absolute atomic E-state index is 12.7. The molecule has 0 radical (unpaired) electrons. The molecule has 0 spiro atoms. The first-order valence-electron chi connectivity index (χ1n) is 8.61. The molecule has 2 N–H and O–H groups in total. The van der Waals surface area contributed by atoms with Crippen LogP contribution in [0.25, 0.3) is 0 Å². The van der Waals surface area contributed by atoms with Crippen LogP contribution in [0.3, 0.4) is 0 Å². The highest BCUT2D eigenvalue weighted by atomic mass is 16.5. The molecule has 0 bridgehead atoms. The minimum atomic E-state index is -0.165. The van der Waals surface area contributed by atoms with E-state index in [1.54, 1.807) is 6.07 Å². The second kappa shape index (κ2) is 8.21. The number of para-hydroxylation sites is 2. The van der Waals surface area contributed by atoms with E-state index in [2.05, 4.69) is 10.6 Å². The lowest BCUT2D eigenvalue weighted by Crippen LogP contribution is -2.14. The van der Waals surface area contributed by atoms with Crippen LogP contribution in [0.1, 0.15) is 24.2 Å². The van der Waals surface area contributed by atoms with E-state index < -0.39 is 0 Å². The first-order valence-corrected chi connectivity index (χ1v) is 8.61. The summed E-state index contributed by atoms with van der Waals surface area (Å²) >= 11 is 0. The molecule has 0 saturated carbocycles. The highest BCUT2D eigenvalue weighted by molar-refractivity contribution is 6.08. The van der Waals surface area contributed by atoms with Crippen molar-refractivity contribution in [3.8, 4) is 5.75 Å². The van der Waals surface area contributed by atoms with Crippen molar-refractivity contribution >= 4 is 23.0 Å². The zero-order valence-electron chi connectivity index (χ0n) is 14.9. The van der Waals surface area contributed by atoms with Crippen molar-refractivity contribution in [2.24, 2.45) is 0 Å². The number of hydrogen-bond acceptors (Lipinski definition) is 3. The van der Waals surface area contributed by atoms with Gasteiger partial charge in [-0.15, -0.1) is 0 Å². The summed E-state index contributed by atoms with van der Waals surface area (Å²) in [6.45, 7) is 3.96. The fourth-order valence-electron chi connectivity index (χ4n) is 2.55. The van der Waals surface area contributed by atoms with E-state index in [1.807, 2.05) is 86.6 Å². The highest BCUT2D eigenvalue weighted by Gasteiger charge is 2.11. The summed E-state index contributed by atoms with van der Waals surface area (Å²) in [5.41, 5.74) is 3.00. The zero-order valence-corrected chi connectivity index (χ0v) is 14.9. The number of carbonyl (C=O) groups is 1. The van der Waals surface area contributed by atoms with Crippen LogP contribution in [0.5, 0.6) is 5.75 Å².